The van der Waals surface area contributed by atoms with Crippen LogP contribution in [0, 0.1) is 5.92 Å². The molecule has 1 aromatic heterocycles. The largest absolute Gasteiger partial charge is 0.433 e. The second kappa shape index (κ2) is 5.78. The summed E-state index contributed by atoms with van der Waals surface area (Å²) in [5.41, 5.74) is -0.854. The number of nitrogens with one attached hydrogen (secondary N) is 2. The summed E-state index contributed by atoms with van der Waals surface area (Å²) in [7, 11) is 0. The summed E-state index contributed by atoms with van der Waals surface area (Å²) in [5.74, 6) is -0.0971. The minimum atomic E-state index is -4.49. The van der Waals surface area contributed by atoms with Crippen LogP contribution in [0.25, 0.3) is 0 Å². The summed E-state index contributed by atoms with van der Waals surface area (Å²) in [6, 6.07) is 2.00. The average molecular weight is 287 g/mol. The number of alkyl halides is 3. The normalized spacial score (nSPS) is 23.4. The fourth-order valence-corrected chi connectivity index (χ4v) is 2.18. The van der Waals surface area contributed by atoms with Crippen LogP contribution < -0.4 is 10.6 Å². The molecule has 0 aromatic carbocycles. The van der Waals surface area contributed by atoms with Crippen molar-refractivity contribution in [2.75, 3.05) is 13.1 Å². The Morgan fingerprint density at radius 1 is 1.45 bits per heavy atom. The topological polar surface area (TPSA) is 54.0 Å². The van der Waals surface area contributed by atoms with Crippen LogP contribution in [0.5, 0.6) is 0 Å². The number of hydrogen-bond donors (Lipinski definition) is 2. The lowest BCUT2D eigenvalue weighted by atomic mass is 9.95. The molecule has 0 saturated carbocycles. The Labute approximate surface area is 114 Å². The third-order valence-electron chi connectivity index (χ3n) is 3.42. The van der Waals surface area contributed by atoms with Crippen LogP contribution in [-0.2, 0) is 6.18 Å². The molecule has 110 valence electrons. The van der Waals surface area contributed by atoms with Gasteiger partial charge in [-0.05, 0) is 37.6 Å². The van der Waals surface area contributed by atoms with Crippen LogP contribution in [0.4, 0.5) is 13.2 Å². The minimum absolute atomic E-state index is 0.0334. The zero-order valence-electron chi connectivity index (χ0n) is 11.0. The lowest BCUT2D eigenvalue weighted by Gasteiger charge is -2.30. The van der Waals surface area contributed by atoms with E-state index in [1.54, 1.807) is 0 Å². The molecule has 1 aromatic rings. The number of pyridine rings is 1. The fourth-order valence-electron chi connectivity index (χ4n) is 2.18. The van der Waals surface area contributed by atoms with Gasteiger partial charge < -0.3 is 10.6 Å². The van der Waals surface area contributed by atoms with Gasteiger partial charge in [-0.25, -0.2) is 0 Å². The van der Waals surface area contributed by atoms with E-state index in [0.717, 1.165) is 37.8 Å². The number of rotatable bonds is 2. The lowest BCUT2D eigenvalue weighted by molar-refractivity contribution is -0.141. The molecule has 2 rings (SSSR count). The first-order chi connectivity index (χ1) is 9.38. The lowest BCUT2D eigenvalue weighted by Crippen LogP contribution is -2.48. The Morgan fingerprint density at radius 3 is 2.75 bits per heavy atom. The Bertz CT molecular complexity index is 473. The number of carbonyl (C=O) groups is 1. The SMILES string of the molecule is CC1CNCCC1NC(=O)c1ccc(C(F)(F)F)nc1. The van der Waals surface area contributed by atoms with E-state index in [-0.39, 0.29) is 23.4 Å². The van der Waals surface area contributed by atoms with Gasteiger partial charge in [0.2, 0.25) is 0 Å². The highest BCUT2D eigenvalue weighted by Crippen LogP contribution is 2.27. The first kappa shape index (κ1) is 14.8. The second-order valence-corrected chi connectivity index (χ2v) is 4.98. The predicted octanol–water partition coefficient (Wildman–Crippen LogP) is 1.83. The van der Waals surface area contributed by atoms with Crippen LogP contribution in [0.2, 0.25) is 0 Å². The number of amides is 1. The molecule has 2 unspecified atom stereocenters. The number of carbonyl (C=O) groups excluding carboxylic acids is 1. The molecule has 1 aliphatic heterocycles. The van der Waals surface area contributed by atoms with Crippen molar-refractivity contribution >= 4 is 5.91 Å². The van der Waals surface area contributed by atoms with Crippen molar-refractivity contribution in [3.63, 3.8) is 0 Å². The van der Waals surface area contributed by atoms with Gasteiger partial charge in [0.05, 0.1) is 5.56 Å². The molecule has 1 fully saturated rings. The van der Waals surface area contributed by atoms with Gasteiger partial charge in [0.15, 0.2) is 0 Å². The molecule has 7 heteroatoms. The number of halogens is 3. The van der Waals surface area contributed by atoms with E-state index in [0.29, 0.717) is 0 Å². The smallest absolute Gasteiger partial charge is 0.349 e. The maximum Gasteiger partial charge on any atom is 0.433 e. The number of nitrogens with zero attached hydrogens (tertiary/aromatic N) is 1. The number of hydrogen-bond acceptors (Lipinski definition) is 3. The zero-order valence-corrected chi connectivity index (χ0v) is 11.0. The Balaban J connectivity index is 2.02. The minimum Gasteiger partial charge on any atom is -0.349 e. The first-order valence-corrected chi connectivity index (χ1v) is 6.43. The molecular weight excluding hydrogens is 271 g/mol. The van der Waals surface area contributed by atoms with Crippen molar-refractivity contribution in [1.82, 2.24) is 15.6 Å². The van der Waals surface area contributed by atoms with Gasteiger partial charge in [0, 0.05) is 12.2 Å². The summed E-state index contributed by atoms with van der Waals surface area (Å²) >= 11 is 0. The van der Waals surface area contributed by atoms with Crippen molar-refractivity contribution in [3.8, 4) is 0 Å². The molecule has 0 radical (unpaired) electrons. The van der Waals surface area contributed by atoms with Gasteiger partial charge in [0.25, 0.3) is 5.91 Å². The van der Waals surface area contributed by atoms with E-state index in [4.69, 9.17) is 0 Å². The Kier molecular flexibility index (Phi) is 4.27. The van der Waals surface area contributed by atoms with Crippen molar-refractivity contribution in [2.45, 2.75) is 25.6 Å². The van der Waals surface area contributed by atoms with Gasteiger partial charge in [-0.3, -0.25) is 9.78 Å². The van der Waals surface area contributed by atoms with Crippen LogP contribution in [-0.4, -0.2) is 30.0 Å². The summed E-state index contributed by atoms with van der Waals surface area (Å²) in [6.07, 6.45) is -2.72. The monoisotopic (exact) mass is 287 g/mol. The molecule has 4 nitrogen and oxygen atoms in total. The molecule has 1 saturated heterocycles. The molecule has 0 bridgehead atoms. The molecule has 1 aliphatic rings. The van der Waals surface area contributed by atoms with Gasteiger partial charge in [-0.2, -0.15) is 13.2 Å². The fraction of sp³-hybridized carbons (Fsp3) is 0.538. The van der Waals surface area contributed by atoms with Crippen molar-refractivity contribution in [3.05, 3.63) is 29.6 Å². The molecule has 1 amide bonds. The Hall–Kier alpha value is -1.63. The molecule has 0 aliphatic carbocycles. The first-order valence-electron chi connectivity index (χ1n) is 6.43. The van der Waals surface area contributed by atoms with E-state index in [9.17, 15) is 18.0 Å². The number of aromatic nitrogens is 1. The maximum atomic E-state index is 12.4. The van der Waals surface area contributed by atoms with E-state index >= 15 is 0 Å². The van der Waals surface area contributed by atoms with Crippen molar-refractivity contribution < 1.29 is 18.0 Å². The van der Waals surface area contributed by atoms with E-state index in [1.165, 1.54) is 0 Å². The van der Waals surface area contributed by atoms with Gasteiger partial charge in [-0.1, -0.05) is 6.92 Å². The summed E-state index contributed by atoms with van der Waals surface area (Å²) < 4.78 is 37.1. The molecule has 2 heterocycles. The van der Waals surface area contributed by atoms with Crippen LogP contribution in [0.3, 0.4) is 0 Å². The molecule has 2 N–H and O–H groups in total. The highest BCUT2D eigenvalue weighted by Gasteiger charge is 2.32. The molecular formula is C13H16F3N3O. The van der Waals surface area contributed by atoms with E-state index < -0.39 is 11.9 Å². The quantitative estimate of drug-likeness (QED) is 0.872. The van der Waals surface area contributed by atoms with Crippen LogP contribution in [0.15, 0.2) is 18.3 Å². The van der Waals surface area contributed by atoms with Crippen molar-refractivity contribution in [2.24, 2.45) is 5.92 Å². The summed E-state index contributed by atoms with van der Waals surface area (Å²) in [6.45, 7) is 3.65. The predicted molar refractivity (Wildman–Crippen MR) is 67.1 cm³/mol. The van der Waals surface area contributed by atoms with Crippen LogP contribution >= 0.6 is 0 Å². The highest BCUT2D eigenvalue weighted by molar-refractivity contribution is 5.94. The molecule has 20 heavy (non-hydrogen) atoms. The van der Waals surface area contributed by atoms with Gasteiger partial charge in [0.1, 0.15) is 5.69 Å². The van der Waals surface area contributed by atoms with E-state index in [1.807, 2.05) is 6.92 Å². The Morgan fingerprint density at radius 2 is 2.20 bits per heavy atom. The van der Waals surface area contributed by atoms with Gasteiger partial charge >= 0.3 is 6.18 Å². The molecule has 0 spiro atoms. The number of piperidine rings is 1. The second-order valence-electron chi connectivity index (χ2n) is 4.98. The molecule has 2 atom stereocenters. The summed E-state index contributed by atoms with van der Waals surface area (Å²) in [4.78, 5) is 15.3. The maximum absolute atomic E-state index is 12.4. The average Bonchev–Trinajstić information content (AvgIpc) is 2.40. The third-order valence-corrected chi connectivity index (χ3v) is 3.42. The highest BCUT2D eigenvalue weighted by atomic mass is 19.4. The third kappa shape index (κ3) is 3.47. The van der Waals surface area contributed by atoms with E-state index in [2.05, 4.69) is 15.6 Å². The van der Waals surface area contributed by atoms with Crippen LogP contribution in [0.1, 0.15) is 29.4 Å². The zero-order chi connectivity index (χ0) is 14.8. The summed E-state index contributed by atoms with van der Waals surface area (Å²) in [5, 5.41) is 6.06. The standard InChI is InChI=1S/C13H16F3N3O/c1-8-6-17-5-4-10(8)19-12(20)9-2-3-11(18-7-9)13(14,15)16/h2-3,7-8,10,17H,4-6H2,1H3,(H,19,20). The van der Waals surface area contributed by atoms with Crippen molar-refractivity contribution in [1.29, 1.82) is 0 Å². The van der Waals surface area contributed by atoms with Gasteiger partial charge in [-0.15, -0.1) is 0 Å².